The summed E-state index contributed by atoms with van der Waals surface area (Å²) < 4.78 is 5.23. The number of hydrogen-bond donors (Lipinski definition) is 2. The normalized spacial score (nSPS) is 13.8. The molecule has 122 valence electrons. The number of nitrogens with zero attached hydrogens (tertiary/aromatic N) is 2. The molecule has 0 saturated heterocycles. The Kier molecular flexibility index (Phi) is 4.90. The Morgan fingerprint density at radius 1 is 1.35 bits per heavy atom. The second-order valence-electron chi connectivity index (χ2n) is 5.85. The maximum atomic E-state index is 12.2. The molecule has 2 aromatic rings. The fourth-order valence-corrected chi connectivity index (χ4v) is 2.30. The highest BCUT2D eigenvalue weighted by Gasteiger charge is 2.24. The van der Waals surface area contributed by atoms with E-state index in [0.717, 1.165) is 43.6 Å². The molecule has 1 aliphatic rings. The number of rotatable bonds is 8. The van der Waals surface area contributed by atoms with Crippen LogP contribution in [0.1, 0.15) is 54.7 Å². The summed E-state index contributed by atoms with van der Waals surface area (Å²) >= 11 is 0. The number of unbranched alkanes of at least 4 members (excludes halogenated alkanes) is 1. The molecule has 1 aromatic heterocycles. The van der Waals surface area contributed by atoms with Gasteiger partial charge in [0.25, 0.3) is 5.91 Å². The van der Waals surface area contributed by atoms with E-state index in [2.05, 4.69) is 27.7 Å². The van der Waals surface area contributed by atoms with E-state index in [1.807, 2.05) is 24.3 Å². The number of nitrogens with one attached hydrogen (secondary N) is 2. The molecule has 1 aliphatic carbocycles. The third kappa shape index (κ3) is 4.31. The van der Waals surface area contributed by atoms with Crippen LogP contribution in [0.3, 0.4) is 0 Å². The van der Waals surface area contributed by atoms with Gasteiger partial charge >= 0.3 is 0 Å². The minimum atomic E-state index is -0.0373. The molecule has 0 atom stereocenters. The lowest BCUT2D eigenvalue weighted by Crippen LogP contribution is -2.26. The van der Waals surface area contributed by atoms with Crippen LogP contribution in [-0.4, -0.2) is 22.1 Å². The molecule has 1 fully saturated rings. The van der Waals surface area contributed by atoms with Gasteiger partial charge in [-0.3, -0.25) is 4.79 Å². The average Bonchev–Trinajstić information content (AvgIpc) is 3.27. The first kappa shape index (κ1) is 15.5. The van der Waals surface area contributed by atoms with E-state index in [1.165, 1.54) is 0 Å². The number of aromatic nitrogens is 2. The first-order valence-corrected chi connectivity index (χ1v) is 8.21. The monoisotopic (exact) mass is 314 g/mol. The number of carbonyl (C=O) groups excluding carboxylic acids is 1. The molecule has 6 nitrogen and oxygen atoms in total. The van der Waals surface area contributed by atoms with Crippen LogP contribution in [-0.2, 0) is 13.0 Å². The van der Waals surface area contributed by atoms with Gasteiger partial charge in [-0.25, -0.2) is 0 Å². The standard InChI is InChI=1S/C17H22N4O2/c1-2-3-8-15-20-16(23-21-15)11-18-14-7-5-4-6-13(14)17(22)19-12-9-10-12/h4-7,12,18H,2-3,8-11H2,1H3,(H,19,22). The van der Waals surface area contributed by atoms with Crippen LogP contribution >= 0.6 is 0 Å². The Hall–Kier alpha value is -2.37. The fourth-order valence-electron chi connectivity index (χ4n) is 2.30. The van der Waals surface area contributed by atoms with Gasteiger partial charge < -0.3 is 15.2 Å². The van der Waals surface area contributed by atoms with Gasteiger partial charge in [-0.15, -0.1) is 0 Å². The summed E-state index contributed by atoms with van der Waals surface area (Å²) in [5.74, 6) is 1.24. The zero-order chi connectivity index (χ0) is 16.1. The third-order valence-corrected chi connectivity index (χ3v) is 3.78. The second kappa shape index (κ2) is 7.26. The number of amides is 1. The Balaban J connectivity index is 1.61. The summed E-state index contributed by atoms with van der Waals surface area (Å²) in [5, 5.41) is 10.2. The lowest BCUT2D eigenvalue weighted by atomic mass is 10.1. The van der Waals surface area contributed by atoms with Crippen molar-refractivity contribution in [2.75, 3.05) is 5.32 Å². The Labute approximate surface area is 135 Å². The Morgan fingerprint density at radius 3 is 2.96 bits per heavy atom. The second-order valence-corrected chi connectivity index (χ2v) is 5.85. The van der Waals surface area contributed by atoms with E-state index in [9.17, 15) is 4.79 Å². The largest absolute Gasteiger partial charge is 0.375 e. The molecular formula is C17H22N4O2. The van der Waals surface area contributed by atoms with Crippen molar-refractivity contribution < 1.29 is 9.32 Å². The smallest absolute Gasteiger partial charge is 0.253 e. The molecule has 2 N–H and O–H groups in total. The van der Waals surface area contributed by atoms with Crippen molar-refractivity contribution in [1.29, 1.82) is 0 Å². The van der Waals surface area contributed by atoms with Gasteiger partial charge in [-0.05, 0) is 31.4 Å². The van der Waals surface area contributed by atoms with Gasteiger partial charge in [0.15, 0.2) is 5.82 Å². The van der Waals surface area contributed by atoms with E-state index < -0.39 is 0 Å². The van der Waals surface area contributed by atoms with E-state index >= 15 is 0 Å². The predicted molar refractivity (Wildman–Crippen MR) is 87.2 cm³/mol. The molecule has 3 rings (SSSR count). The fraction of sp³-hybridized carbons (Fsp3) is 0.471. The number of benzene rings is 1. The molecule has 0 aliphatic heterocycles. The summed E-state index contributed by atoms with van der Waals surface area (Å²) in [6, 6.07) is 7.81. The van der Waals surface area contributed by atoms with Crippen molar-refractivity contribution in [3.8, 4) is 0 Å². The van der Waals surface area contributed by atoms with Crippen LogP contribution in [0.2, 0.25) is 0 Å². The molecule has 1 saturated carbocycles. The van der Waals surface area contributed by atoms with E-state index in [1.54, 1.807) is 0 Å². The summed E-state index contributed by atoms with van der Waals surface area (Å²) in [6.45, 7) is 2.54. The van der Waals surface area contributed by atoms with Gasteiger partial charge in [0.2, 0.25) is 5.89 Å². The maximum absolute atomic E-state index is 12.2. The van der Waals surface area contributed by atoms with Crippen molar-refractivity contribution in [2.45, 2.75) is 51.6 Å². The lowest BCUT2D eigenvalue weighted by molar-refractivity contribution is 0.0952. The van der Waals surface area contributed by atoms with Crippen molar-refractivity contribution in [2.24, 2.45) is 0 Å². The molecule has 1 heterocycles. The molecule has 0 spiro atoms. The van der Waals surface area contributed by atoms with Crippen molar-refractivity contribution >= 4 is 11.6 Å². The lowest BCUT2D eigenvalue weighted by Gasteiger charge is -2.10. The number of anilines is 1. The van der Waals surface area contributed by atoms with E-state index in [0.29, 0.717) is 24.0 Å². The van der Waals surface area contributed by atoms with Crippen LogP contribution in [0.25, 0.3) is 0 Å². The van der Waals surface area contributed by atoms with Gasteiger partial charge in [-0.1, -0.05) is 30.6 Å². The molecule has 0 bridgehead atoms. The molecule has 0 radical (unpaired) electrons. The number of carbonyl (C=O) groups is 1. The number of aryl methyl sites for hydroxylation is 1. The summed E-state index contributed by atoms with van der Waals surface area (Å²) in [5.41, 5.74) is 1.42. The number of hydrogen-bond acceptors (Lipinski definition) is 5. The zero-order valence-electron chi connectivity index (χ0n) is 13.3. The zero-order valence-corrected chi connectivity index (χ0v) is 13.3. The van der Waals surface area contributed by atoms with Gasteiger partial charge in [0, 0.05) is 18.2 Å². The van der Waals surface area contributed by atoms with E-state index in [-0.39, 0.29) is 5.91 Å². The first-order chi connectivity index (χ1) is 11.3. The van der Waals surface area contributed by atoms with Gasteiger partial charge in [-0.2, -0.15) is 4.98 Å². The Bertz CT molecular complexity index is 664. The molecule has 0 unspecified atom stereocenters. The maximum Gasteiger partial charge on any atom is 0.253 e. The quantitative estimate of drug-likeness (QED) is 0.783. The highest BCUT2D eigenvalue weighted by Crippen LogP contribution is 2.21. The Morgan fingerprint density at radius 2 is 2.17 bits per heavy atom. The van der Waals surface area contributed by atoms with Crippen molar-refractivity contribution in [3.63, 3.8) is 0 Å². The van der Waals surface area contributed by atoms with E-state index in [4.69, 9.17) is 4.52 Å². The van der Waals surface area contributed by atoms with Gasteiger partial charge in [0.1, 0.15) is 0 Å². The van der Waals surface area contributed by atoms with Crippen molar-refractivity contribution in [1.82, 2.24) is 15.5 Å². The summed E-state index contributed by atoms with van der Waals surface area (Å²) in [4.78, 5) is 16.6. The minimum absolute atomic E-state index is 0.0373. The molecule has 1 aromatic carbocycles. The molecular weight excluding hydrogens is 292 g/mol. The van der Waals surface area contributed by atoms with Crippen LogP contribution in [0, 0.1) is 0 Å². The van der Waals surface area contributed by atoms with Crippen molar-refractivity contribution in [3.05, 3.63) is 41.5 Å². The van der Waals surface area contributed by atoms with Crippen LogP contribution in [0.15, 0.2) is 28.8 Å². The summed E-state index contributed by atoms with van der Waals surface area (Å²) in [6.07, 6.45) is 5.14. The minimum Gasteiger partial charge on any atom is -0.375 e. The highest BCUT2D eigenvalue weighted by atomic mass is 16.5. The average molecular weight is 314 g/mol. The summed E-state index contributed by atoms with van der Waals surface area (Å²) in [7, 11) is 0. The van der Waals surface area contributed by atoms with Crippen LogP contribution in [0.4, 0.5) is 5.69 Å². The first-order valence-electron chi connectivity index (χ1n) is 8.21. The topological polar surface area (TPSA) is 80.0 Å². The highest BCUT2D eigenvalue weighted by molar-refractivity contribution is 5.99. The van der Waals surface area contributed by atoms with Gasteiger partial charge in [0.05, 0.1) is 12.1 Å². The van der Waals surface area contributed by atoms with Crippen LogP contribution < -0.4 is 10.6 Å². The molecule has 23 heavy (non-hydrogen) atoms. The van der Waals surface area contributed by atoms with Crippen LogP contribution in [0.5, 0.6) is 0 Å². The SMILES string of the molecule is CCCCc1noc(CNc2ccccc2C(=O)NC2CC2)n1. The predicted octanol–water partition coefficient (Wildman–Crippen LogP) is 2.92. The molecule has 6 heteroatoms. The molecule has 1 amide bonds. The number of para-hydroxylation sites is 1. The third-order valence-electron chi connectivity index (χ3n) is 3.78.